The van der Waals surface area contributed by atoms with Gasteiger partial charge < -0.3 is 10.2 Å². The maximum absolute atomic E-state index is 11.9. The molecule has 0 aliphatic heterocycles. The summed E-state index contributed by atoms with van der Waals surface area (Å²) < 4.78 is 1.93. The van der Waals surface area contributed by atoms with Crippen molar-refractivity contribution in [3.05, 3.63) is 42.9 Å². The molecule has 3 aromatic rings. The van der Waals surface area contributed by atoms with Gasteiger partial charge in [0.2, 0.25) is 5.91 Å². The largest absolute Gasteiger partial charge is 0.368 e. The van der Waals surface area contributed by atoms with E-state index in [4.69, 9.17) is 5.26 Å². The van der Waals surface area contributed by atoms with Gasteiger partial charge in [-0.05, 0) is 24.6 Å². The maximum atomic E-state index is 11.9. The van der Waals surface area contributed by atoms with Crippen LogP contribution in [0.4, 0.5) is 5.82 Å². The van der Waals surface area contributed by atoms with E-state index in [2.05, 4.69) is 20.3 Å². The van der Waals surface area contributed by atoms with Crippen LogP contribution in [0.1, 0.15) is 19.8 Å². The second-order valence-electron chi connectivity index (χ2n) is 5.98. The molecule has 1 amide bonds. The fourth-order valence-corrected chi connectivity index (χ4v) is 2.81. The van der Waals surface area contributed by atoms with E-state index in [-0.39, 0.29) is 12.3 Å². The summed E-state index contributed by atoms with van der Waals surface area (Å²) in [5, 5.41) is 11.9. The van der Waals surface area contributed by atoms with Crippen LogP contribution in [-0.2, 0) is 4.79 Å². The SMILES string of the molecule is CCCN(CCNc1ccnc(-c2cnc3ccccn23)n1)C(=O)CC#N. The first kappa shape index (κ1) is 18.3. The molecule has 0 aliphatic carbocycles. The normalized spacial score (nSPS) is 10.5. The van der Waals surface area contributed by atoms with Crippen molar-refractivity contribution in [1.29, 1.82) is 5.26 Å². The van der Waals surface area contributed by atoms with Crippen LogP contribution in [0, 0.1) is 11.3 Å². The molecule has 0 atom stereocenters. The number of carbonyl (C=O) groups is 1. The van der Waals surface area contributed by atoms with Crippen molar-refractivity contribution in [3.63, 3.8) is 0 Å². The number of rotatable bonds is 8. The number of aromatic nitrogens is 4. The van der Waals surface area contributed by atoms with E-state index >= 15 is 0 Å². The monoisotopic (exact) mass is 363 g/mol. The number of imidazole rings is 1. The Labute approximate surface area is 157 Å². The molecule has 3 aromatic heterocycles. The van der Waals surface area contributed by atoms with Gasteiger partial charge in [-0.1, -0.05) is 13.0 Å². The van der Waals surface area contributed by atoms with Crippen molar-refractivity contribution in [2.75, 3.05) is 25.0 Å². The standard InChI is InChI=1S/C19H21N7O/c1-2-11-25(18(27)6-8-20)13-10-21-16-7-9-22-19(24-16)15-14-23-17-5-3-4-12-26(15)17/h3-5,7,9,12,14H,2,6,10-11,13H2,1H3,(H,21,22,24). The summed E-state index contributed by atoms with van der Waals surface area (Å²) in [7, 11) is 0. The van der Waals surface area contributed by atoms with Crippen molar-refractivity contribution >= 4 is 17.4 Å². The lowest BCUT2D eigenvalue weighted by molar-refractivity contribution is -0.130. The molecule has 3 rings (SSSR count). The van der Waals surface area contributed by atoms with Crippen LogP contribution >= 0.6 is 0 Å². The average Bonchev–Trinajstić information content (AvgIpc) is 3.12. The van der Waals surface area contributed by atoms with Gasteiger partial charge in [0.1, 0.15) is 23.6 Å². The van der Waals surface area contributed by atoms with Crippen molar-refractivity contribution < 1.29 is 4.79 Å². The highest BCUT2D eigenvalue weighted by molar-refractivity contribution is 5.78. The van der Waals surface area contributed by atoms with E-state index in [1.807, 2.05) is 41.8 Å². The van der Waals surface area contributed by atoms with Gasteiger partial charge in [0.25, 0.3) is 0 Å². The lowest BCUT2D eigenvalue weighted by Gasteiger charge is -2.21. The maximum Gasteiger partial charge on any atom is 0.236 e. The minimum absolute atomic E-state index is 0.0913. The van der Waals surface area contributed by atoms with Crippen molar-refractivity contribution in [2.45, 2.75) is 19.8 Å². The highest BCUT2D eigenvalue weighted by Gasteiger charge is 2.12. The van der Waals surface area contributed by atoms with Crippen LogP contribution in [0.5, 0.6) is 0 Å². The highest BCUT2D eigenvalue weighted by atomic mass is 16.2. The van der Waals surface area contributed by atoms with Crippen LogP contribution in [0.3, 0.4) is 0 Å². The van der Waals surface area contributed by atoms with Gasteiger partial charge in [0, 0.05) is 32.0 Å². The number of nitrogens with one attached hydrogen (secondary N) is 1. The smallest absolute Gasteiger partial charge is 0.236 e. The fraction of sp³-hybridized carbons (Fsp3) is 0.316. The molecule has 8 nitrogen and oxygen atoms in total. The number of fused-ring (bicyclic) bond motifs is 1. The first-order valence-electron chi connectivity index (χ1n) is 8.87. The summed E-state index contributed by atoms with van der Waals surface area (Å²) in [4.78, 5) is 26.9. The van der Waals surface area contributed by atoms with Crippen LogP contribution in [0.25, 0.3) is 17.2 Å². The molecule has 0 aromatic carbocycles. The Morgan fingerprint density at radius 2 is 2.19 bits per heavy atom. The summed E-state index contributed by atoms with van der Waals surface area (Å²) in [6.45, 7) is 3.70. The predicted molar refractivity (Wildman–Crippen MR) is 102 cm³/mol. The number of hydrogen-bond donors (Lipinski definition) is 1. The Hall–Kier alpha value is -3.47. The zero-order chi connectivity index (χ0) is 19.1. The third kappa shape index (κ3) is 4.39. The topological polar surface area (TPSA) is 99.2 Å². The third-order valence-electron chi connectivity index (χ3n) is 4.07. The van der Waals surface area contributed by atoms with E-state index in [0.717, 1.165) is 17.8 Å². The number of nitriles is 1. The number of anilines is 1. The summed E-state index contributed by atoms with van der Waals surface area (Å²) in [5.41, 5.74) is 1.65. The first-order chi connectivity index (χ1) is 13.2. The van der Waals surface area contributed by atoms with Gasteiger partial charge in [0.05, 0.1) is 12.3 Å². The lowest BCUT2D eigenvalue weighted by Crippen LogP contribution is -2.35. The number of pyridine rings is 1. The summed E-state index contributed by atoms with van der Waals surface area (Å²) in [6, 6.07) is 9.48. The van der Waals surface area contributed by atoms with E-state index in [1.54, 1.807) is 23.4 Å². The Bertz CT molecular complexity index is 960. The molecule has 0 radical (unpaired) electrons. The minimum Gasteiger partial charge on any atom is -0.368 e. The fourth-order valence-electron chi connectivity index (χ4n) is 2.81. The molecule has 8 heteroatoms. The molecular weight excluding hydrogens is 342 g/mol. The van der Waals surface area contributed by atoms with E-state index in [9.17, 15) is 4.79 Å². The van der Waals surface area contributed by atoms with Gasteiger partial charge >= 0.3 is 0 Å². The van der Waals surface area contributed by atoms with Crippen LogP contribution in [0.2, 0.25) is 0 Å². The van der Waals surface area contributed by atoms with Gasteiger partial charge in [-0.25, -0.2) is 15.0 Å². The van der Waals surface area contributed by atoms with E-state index in [0.29, 0.717) is 31.3 Å². The molecule has 0 saturated carbocycles. The number of nitrogens with zero attached hydrogens (tertiary/aromatic N) is 6. The van der Waals surface area contributed by atoms with Gasteiger partial charge in [0.15, 0.2) is 5.82 Å². The molecule has 0 saturated heterocycles. The van der Waals surface area contributed by atoms with Gasteiger partial charge in [-0.2, -0.15) is 5.26 Å². The zero-order valence-corrected chi connectivity index (χ0v) is 15.2. The van der Waals surface area contributed by atoms with Crippen molar-refractivity contribution in [2.24, 2.45) is 0 Å². The van der Waals surface area contributed by atoms with Crippen LogP contribution < -0.4 is 5.32 Å². The molecular formula is C19H21N7O. The number of hydrogen-bond acceptors (Lipinski definition) is 6. The van der Waals surface area contributed by atoms with Crippen LogP contribution in [-0.4, -0.2) is 49.8 Å². The quantitative estimate of drug-likeness (QED) is 0.659. The molecule has 27 heavy (non-hydrogen) atoms. The molecule has 0 unspecified atom stereocenters. The Morgan fingerprint density at radius 1 is 1.30 bits per heavy atom. The molecule has 0 spiro atoms. The van der Waals surface area contributed by atoms with E-state index < -0.39 is 0 Å². The molecule has 0 bridgehead atoms. The van der Waals surface area contributed by atoms with Crippen LogP contribution in [0.15, 0.2) is 42.9 Å². The minimum atomic E-state index is -0.143. The second kappa shape index (κ2) is 8.76. The van der Waals surface area contributed by atoms with Crippen molar-refractivity contribution in [3.8, 4) is 17.6 Å². The first-order valence-corrected chi connectivity index (χ1v) is 8.87. The Kier molecular flexibility index (Phi) is 5.94. The summed E-state index contributed by atoms with van der Waals surface area (Å²) >= 11 is 0. The summed E-state index contributed by atoms with van der Waals surface area (Å²) in [5.74, 6) is 1.11. The van der Waals surface area contributed by atoms with E-state index in [1.165, 1.54) is 0 Å². The zero-order valence-electron chi connectivity index (χ0n) is 15.2. The Balaban J connectivity index is 1.67. The summed E-state index contributed by atoms with van der Waals surface area (Å²) in [6.07, 6.45) is 6.12. The predicted octanol–water partition coefficient (Wildman–Crippen LogP) is 2.36. The highest BCUT2D eigenvalue weighted by Crippen LogP contribution is 2.17. The number of amides is 1. The molecule has 0 aliphatic rings. The average molecular weight is 363 g/mol. The van der Waals surface area contributed by atoms with Gasteiger partial charge in [-0.3, -0.25) is 9.20 Å². The second-order valence-corrected chi connectivity index (χ2v) is 5.98. The molecule has 1 N–H and O–H groups in total. The van der Waals surface area contributed by atoms with Crippen molar-refractivity contribution in [1.82, 2.24) is 24.3 Å². The lowest BCUT2D eigenvalue weighted by atomic mass is 10.3. The molecule has 3 heterocycles. The van der Waals surface area contributed by atoms with Gasteiger partial charge in [-0.15, -0.1) is 0 Å². The Morgan fingerprint density at radius 3 is 3.00 bits per heavy atom. The number of carbonyl (C=O) groups excluding carboxylic acids is 1. The molecule has 0 fully saturated rings. The molecule has 138 valence electrons. The third-order valence-corrected chi connectivity index (χ3v) is 4.07.